The molecule has 0 fully saturated rings. The van der Waals surface area contributed by atoms with Crippen molar-refractivity contribution < 1.29 is 9.53 Å². The third-order valence-electron chi connectivity index (χ3n) is 2.36. The molecule has 1 amide bonds. The van der Waals surface area contributed by atoms with E-state index in [1.54, 1.807) is 19.2 Å². The van der Waals surface area contributed by atoms with Gasteiger partial charge in [0.1, 0.15) is 5.75 Å². The molecular weight excluding hydrogens is 228 g/mol. The molecule has 0 aliphatic rings. The summed E-state index contributed by atoms with van der Waals surface area (Å²) >= 11 is 0. The van der Waals surface area contributed by atoms with Gasteiger partial charge in [0.25, 0.3) is 0 Å². The lowest BCUT2D eigenvalue weighted by molar-refractivity contribution is -0.118. The van der Waals surface area contributed by atoms with E-state index in [0.717, 1.165) is 17.7 Å². The maximum absolute atomic E-state index is 10.7. The Bertz CT molecular complexity index is 487. The summed E-state index contributed by atoms with van der Waals surface area (Å²) in [4.78, 5) is 10.7. The van der Waals surface area contributed by atoms with Crippen LogP contribution in [0.15, 0.2) is 24.3 Å². The minimum absolute atomic E-state index is 0.0394. The van der Waals surface area contributed by atoms with Crippen molar-refractivity contribution in [3.05, 3.63) is 35.4 Å². The Hall–Kier alpha value is -2.28. The summed E-state index contributed by atoms with van der Waals surface area (Å²) in [5, 5.41) is 11.7. The summed E-state index contributed by atoms with van der Waals surface area (Å²) in [7, 11) is 1.59. The lowest BCUT2D eigenvalue weighted by atomic mass is 10.1. The van der Waals surface area contributed by atoms with Gasteiger partial charge in [0.05, 0.1) is 18.7 Å². The van der Waals surface area contributed by atoms with Crippen LogP contribution in [-0.4, -0.2) is 19.6 Å². The highest BCUT2D eigenvalue weighted by molar-refractivity contribution is 5.72. The smallest absolute Gasteiger partial charge is 0.216 e. The Balaban J connectivity index is 2.67. The van der Waals surface area contributed by atoms with Crippen molar-refractivity contribution in [3.8, 4) is 11.8 Å². The second kappa shape index (κ2) is 7.13. The number of rotatable bonds is 5. The molecule has 0 atom stereocenters. The molecule has 4 nitrogen and oxygen atoms in total. The molecular formula is C14H16N2O2. The zero-order valence-corrected chi connectivity index (χ0v) is 10.6. The Kier molecular flexibility index (Phi) is 5.46. The molecule has 1 aromatic carbocycles. The van der Waals surface area contributed by atoms with Gasteiger partial charge in [-0.1, -0.05) is 12.2 Å². The summed E-state index contributed by atoms with van der Waals surface area (Å²) in [6.45, 7) is 2.08. The number of nitrogens with zero attached hydrogens (tertiary/aromatic N) is 1. The normalized spacial score (nSPS) is 10.1. The monoisotopic (exact) mass is 244 g/mol. The summed E-state index contributed by atoms with van der Waals surface area (Å²) in [6, 6.07) is 7.43. The van der Waals surface area contributed by atoms with Gasteiger partial charge in [-0.3, -0.25) is 4.79 Å². The van der Waals surface area contributed by atoms with Gasteiger partial charge in [0, 0.05) is 13.5 Å². The molecule has 4 heteroatoms. The van der Waals surface area contributed by atoms with Gasteiger partial charge in [0.2, 0.25) is 5.91 Å². The molecule has 1 aromatic rings. The van der Waals surface area contributed by atoms with Gasteiger partial charge in [-0.2, -0.15) is 5.26 Å². The van der Waals surface area contributed by atoms with E-state index in [1.807, 2.05) is 18.2 Å². The van der Waals surface area contributed by atoms with Gasteiger partial charge >= 0.3 is 0 Å². The number of nitrogens with one attached hydrogen (secondary N) is 1. The van der Waals surface area contributed by atoms with Gasteiger partial charge in [0.15, 0.2) is 0 Å². The van der Waals surface area contributed by atoms with Crippen LogP contribution in [0.25, 0.3) is 6.08 Å². The van der Waals surface area contributed by atoms with Crippen LogP contribution in [0.1, 0.15) is 24.5 Å². The molecule has 0 unspecified atom stereocenters. The number of ether oxygens (including phenoxy) is 1. The van der Waals surface area contributed by atoms with E-state index >= 15 is 0 Å². The molecule has 0 heterocycles. The Labute approximate surface area is 107 Å². The van der Waals surface area contributed by atoms with Gasteiger partial charge in [-0.05, 0) is 30.2 Å². The van der Waals surface area contributed by atoms with Gasteiger partial charge in [-0.15, -0.1) is 0 Å². The summed E-state index contributed by atoms with van der Waals surface area (Å²) < 4.78 is 5.11. The molecule has 0 bridgehead atoms. The molecule has 1 rings (SSSR count). The zero-order chi connectivity index (χ0) is 13.4. The van der Waals surface area contributed by atoms with Crippen molar-refractivity contribution >= 4 is 12.0 Å². The van der Waals surface area contributed by atoms with Crippen molar-refractivity contribution in [2.24, 2.45) is 0 Å². The third-order valence-corrected chi connectivity index (χ3v) is 2.36. The first-order chi connectivity index (χ1) is 8.67. The van der Waals surface area contributed by atoms with Crippen molar-refractivity contribution in [1.29, 1.82) is 5.26 Å². The molecule has 0 aliphatic carbocycles. The SMILES string of the molecule is COc1ccc(C#N)c(C=CCCNC(C)=O)c1. The average Bonchev–Trinajstić information content (AvgIpc) is 2.37. The Morgan fingerprint density at radius 2 is 2.33 bits per heavy atom. The maximum Gasteiger partial charge on any atom is 0.216 e. The third kappa shape index (κ3) is 4.30. The fraction of sp³-hybridized carbons (Fsp3) is 0.286. The summed E-state index contributed by atoms with van der Waals surface area (Å²) in [5.74, 6) is 0.679. The summed E-state index contributed by atoms with van der Waals surface area (Å²) in [5.41, 5.74) is 1.42. The standard InChI is InChI=1S/C14H16N2O2/c1-11(17)16-8-4-3-5-12-9-14(18-2)7-6-13(12)10-15/h3,5-7,9H,4,8H2,1-2H3,(H,16,17). The first-order valence-electron chi connectivity index (χ1n) is 5.66. The topological polar surface area (TPSA) is 62.1 Å². The van der Waals surface area contributed by atoms with Crippen LogP contribution in [0.2, 0.25) is 0 Å². The number of hydrogen-bond acceptors (Lipinski definition) is 3. The van der Waals surface area contributed by atoms with Crippen LogP contribution < -0.4 is 10.1 Å². The number of hydrogen-bond donors (Lipinski definition) is 1. The summed E-state index contributed by atoms with van der Waals surface area (Å²) in [6.07, 6.45) is 4.51. The molecule has 0 aromatic heterocycles. The van der Waals surface area contributed by atoms with Crippen LogP contribution in [0.3, 0.4) is 0 Å². The van der Waals surface area contributed by atoms with Crippen LogP contribution in [-0.2, 0) is 4.79 Å². The van der Waals surface area contributed by atoms with Crippen LogP contribution in [0, 0.1) is 11.3 Å². The zero-order valence-electron chi connectivity index (χ0n) is 10.6. The second-order valence-electron chi connectivity index (χ2n) is 3.74. The minimum Gasteiger partial charge on any atom is -0.497 e. The molecule has 0 radical (unpaired) electrons. The number of nitriles is 1. The Morgan fingerprint density at radius 3 is 2.94 bits per heavy atom. The minimum atomic E-state index is -0.0394. The van der Waals surface area contributed by atoms with E-state index in [2.05, 4.69) is 11.4 Å². The molecule has 1 N–H and O–H groups in total. The van der Waals surface area contributed by atoms with Gasteiger partial charge < -0.3 is 10.1 Å². The predicted molar refractivity (Wildman–Crippen MR) is 70.0 cm³/mol. The van der Waals surface area contributed by atoms with Crippen LogP contribution in [0.5, 0.6) is 5.75 Å². The Morgan fingerprint density at radius 1 is 1.56 bits per heavy atom. The van der Waals surface area contributed by atoms with E-state index in [4.69, 9.17) is 10.00 Å². The molecule has 94 valence electrons. The highest BCUT2D eigenvalue weighted by Crippen LogP contribution is 2.18. The first kappa shape index (κ1) is 13.8. The molecule has 0 saturated carbocycles. The lowest BCUT2D eigenvalue weighted by Crippen LogP contribution is -2.20. The fourth-order valence-corrected chi connectivity index (χ4v) is 1.45. The van der Waals surface area contributed by atoms with Crippen molar-refractivity contribution in [2.75, 3.05) is 13.7 Å². The lowest BCUT2D eigenvalue weighted by Gasteiger charge is -2.03. The van der Waals surface area contributed by atoms with E-state index in [0.29, 0.717) is 12.1 Å². The largest absolute Gasteiger partial charge is 0.497 e. The maximum atomic E-state index is 10.7. The second-order valence-corrected chi connectivity index (χ2v) is 3.74. The van der Waals surface area contributed by atoms with E-state index in [-0.39, 0.29) is 5.91 Å². The molecule has 18 heavy (non-hydrogen) atoms. The quantitative estimate of drug-likeness (QED) is 0.807. The number of carbonyl (C=O) groups excluding carboxylic acids is 1. The van der Waals surface area contributed by atoms with Gasteiger partial charge in [-0.25, -0.2) is 0 Å². The number of amides is 1. The van der Waals surface area contributed by atoms with Crippen molar-refractivity contribution in [2.45, 2.75) is 13.3 Å². The van der Waals surface area contributed by atoms with E-state index in [1.165, 1.54) is 6.92 Å². The van der Waals surface area contributed by atoms with Crippen LogP contribution in [0.4, 0.5) is 0 Å². The number of methoxy groups -OCH3 is 1. The highest BCUT2D eigenvalue weighted by atomic mass is 16.5. The fourth-order valence-electron chi connectivity index (χ4n) is 1.45. The van der Waals surface area contributed by atoms with E-state index < -0.39 is 0 Å². The van der Waals surface area contributed by atoms with Crippen LogP contribution >= 0.6 is 0 Å². The van der Waals surface area contributed by atoms with E-state index in [9.17, 15) is 4.79 Å². The highest BCUT2D eigenvalue weighted by Gasteiger charge is 2.00. The van der Waals surface area contributed by atoms with Crippen molar-refractivity contribution in [1.82, 2.24) is 5.32 Å². The molecule has 0 aliphatic heterocycles. The molecule has 0 spiro atoms. The average molecular weight is 244 g/mol. The molecule has 0 saturated heterocycles. The number of carbonyl (C=O) groups is 1. The predicted octanol–water partition coefficient (Wildman–Crippen LogP) is 2.11. The van der Waals surface area contributed by atoms with Crippen molar-refractivity contribution in [3.63, 3.8) is 0 Å². The first-order valence-corrected chi connectivity index (χ1v) is 5.66. The number of benzene rings is 1.